The average Bonchev–Trinajstić information content (AvgIpc) is 2.47. The number of ether oxygens (including phenoxy) is 1. The smallest absolute Gasteiger partial charge is 0.119 e. The van der Waals surface area contributed by atoms with E-state index in [1.807, 2.05) is 12.1 Å². The Morgan fingerprint density at radius 1 is 0.900 bits per heavy atom. The van der Waals surface area contributed by atoms with Crippen molar-refractivity contribution in [3.05, 3.63) is 65.2 Å². The van der Waals surface area contributed by atoms with E-state index in [1.165, 1.54) is 16.7 Å². The van der Waals surface area contributed by atoms with E-state index < -0.39 is 0 Å². The van der Waals surface area contributed by atoms with Gasteiger partial charge in [0.25, 0.3) is 0 Å². The van der Waals surface area contributed by atoms with Crippen LogP contribution in [0.5, 0.6) is 5.75 Å². The van der Waals surface area contributed by atoms with E-state index in [4.69, 9.17) is 4.74 Å². The van der Waals surface area contributed by atoms with Gasteiger partial charge in [-0.1, -0.05) is 42.0 Å². The van der Waals surface area contributed by atoms with E-state index in [0.717, 1.165) is 5.75 Å². The highest BCUT2D eigenvalue weighted by Gasteiger charge is 2.11. The monoisotopic (exact) mass is 269 g/mol. The third kappa shape index (κ3) is 3.61. The van der Waals surface area contributed by atoms with Gasteiger partial charge in [-0.3, -0.25) is 0 Å². The molecule has 2 aromatic rings. The Hall–Kier alpha value is -1.80. The minimum atomic E-state index is 0.278. The second kappa shape index (κ2) is 6.58. The van der Waals surface area contributed by atoms with Gasteiger partial charge in [0, 0.05) is 12.1 Å². The van der Waals surface area contributed by atoms with Crippen molar-refractivity contribution in [1.82, 2.24) is 5.32 Å². The van der Waals surface area contributed by atoms with Crippen LogP contribution in [0, 0.1) is 6.92 Å². The van der Waals surface area contributed by atoms with Gasteiger partial charge in [0.2, 0.25) is 0 Å². The number of nitrogens with one attached hydrogen (secondary N) is 1. The van der Waals surface area contributed by atoms with Crippen molar-refractivity contribution in [2.45, 2.75) is 32.9 Å². The van der Waals surface area contributed by atoms with Crippen LogP contribution in [0.2, 0.25) is 0 Å². The molecule has 20 heavy (non-hydrogen) atoms. The highest BCUT2D eigenvalue weighted by atomic mass is 16.5. The maximum Gasteiger partial charge on any atom is 0.119 e. The first-order valence-corrected chi connectivity index (χ1v) is 7.06. The van der Waals surface area contributed by atoms with Crippen LogP contribution in [-0.4, -0.2) is 7.11 Å². The molecule has 0 bridgehead atoms. The number of hydrogen-bond donors (Lipinski definition) is 1. The molecule has 2 aromatic carbocycles. The van der Waals surface area contributed by atoms with Gasteiger partial charge >= 0.3 is 0 Å². The Morgan fingerprint density at radius 3 is 2.10 bits per heavy atom. The Labute approximate surface area is 121 Å². The molecule has 1 unspecified atom stereocenters. The highest BCUT2D eigenvalue weighted by Crippen LogP contribution is 2.22. The molecule has 0 aromatic heterocycles. The van der Waals surface area contributed by atoms with E-state index in [2.05, 4.69) is 62.5 Å². The van der Waals surface area contributed by atoms with Gasteiger partial charge in [-0.15, -0.1) is 0 Å². The van der Waals surface area contributed by atoms with Gasteiger partial charge in [-0.05, 0) is 44.0 Å². The van der Waals surface area contributed by atoms with Gasteiger partial charge in [0.05, 0.1) is 7.11 Å². The Kier molecular flexibility index (Phi) is 4.80. The van der Waals surface area contributed by atoms with Crippen LogP contribution in [-0.2, 0) is 0 Å². The fourth-order valence-electron chi connectivity index (χ4n) is 2.42. The fraction of sp³-hybridized carbons (Fsp3) is 0.333. The largest absolute Gasteiger partial charge is 0.497 e. The lowest BCUT2D eigenvalue weighted by atomic mass is 10.0. The Morgan fingerprint density at radius 2 is 1.50 bits per heavy atom. The molecular weight excluding hydrogens is 246 g/mol. The molecule has 0 spiro atoms. The van der Waals surface area contributed by atoms with Crippen molar-refractivity contribution in [2.75, 3.05) is 7.11 Å². The molecule has 106 valence electrons. The molecule has 2 atom stereocenters. The second-order valence-corrected chi connectivity index (χ2v) is 5.30. The summed E-state index contributed by atoms with van der Waals surface area (Å²) in [5.41, 5.74) is 3.86. The number of benzene rings is 2. The Bertz CT molecular complexity index is 565. The first-order chi connectivity index (χ1) is 9.60. The lowest BCUT2D eigenvalue weighted by molar-refractivity contribution is 0.412. The third-order valence-electron chi connectivity index (χ3n) is 3.64. The molecular formula is C18H23NO. The van der Waals surface area contributed by atoms with Crippen LogP contribution in [0.25, 0.3) is 0 Å². The molecule has 1 N–H and O–H groups in total. The molecule has 0 saturated carbocycles. The van der Waals surface area contributed by atoms with Gasteiger partial charge in [0.15, 0.2) is 0 Å². The maximum atomic E-state index is 5.28. The van der Waals surface area contributed by atoms with Gasteiger partial charge < -0.3 is 10.1 Å². The summed E-state index contributed by atoms with van der Waals surface area (Å²) in [5, 5.41) is 3.64. The van der Waals surface area contributed by atoms with Crippen LogP contribution in [0.3, 0.4) is 0 Å². The zero-order chi connectivity index (χ0) is 14.5. The number of hydrogen-bond acceptors (Lipinski definition) is 2. The lowest BCUT2D eigenvalue weighted by Gasteiger charge is -2.21. The third-order valence-corrected chi connectivity index (χ3v) is 3.64. The van der Waals surface area contributed by atoms with Gasteiger partial charge in [0.1, 0.15) is 5.75 Å². The number of aryl methyl sites for hydroxylation is 1. The number of rotatable bonds is 5. The summed E-state index contributed by atoms with van der Waals surface area (Å²) in [5.74, 6) is 0.902. The lowest BCUT2D eigenvalue weighted by Crippen LogP contribution is -2.22. The van der Waals surface area contributed by atoms with Crippen LogP contribution < -0.4 is 10.1 Å². The molecule has 0 amide bonds. The predicted molar refractivity (Wildman–Crippen MR) is 84.1 cm³/mol. The normalized spacial score (nSPS) is 13.8. The molecule has 0 heterocycles. The predicted octanol–water partition coefficient (Wildman–Crippen LogP) is 4.42. The van der Waals surface area contributed by atoms with Crippen molar-refractivity contribution >= 4 is 0 Å². The van der Waals surface area contributed by atoms with E-state index in [9.17, 15) is 0 Å². The van der Waals surface area contributed by atoms with Crippen molar-refractivity contribution in [1.29, 1.82) is 0 Å². The quantitative estimate of drug-likeness (QED) is 0.867. The summed E-state index contributed by atoms with van der Waals surface area (Å²) in [7, 11) is 1.70. The maximum absolute atomic E-state index is 5.28. The fourth-order valence-corrected chi connectivity index (χ4v) is 2.42. The molecule has 0 fully saturated rings. The summed E-state index contributed by atoms with van der Waals surface area (Å²) in [4.78, 5) is 0. The minimum Gasteiger partial charge on any atom is -0.497 e. The van der Waals surface area contributed by atoms with Crippen LogP contribution >= 0.6 is 0 Å². The first kappa shape index (κ1) is 14.6. The minimum absolute atomic E-state index is 0.278. The number of methoxy groups -OCH3 is 1. The molecule has 0 radical (unpaired) electrons. The van der Waals surface area contributed by atoms with E-state index in [1.54, 1.807) is 7.11 Å². The molecule has 0 saturated heterocycles. The summed E-state index contributed by atoms with van der Waals surface area (Å²) in [6.07, 6.45) is 0. The van der Waals surface area contributed by atoms with Crippen LogP contribution in [0.1, 0.15) is 42.6 Å². The summed E-state index contributed by atoms with van der Waals surface area (Å²) >= 11 is 0. The van der Waals surface area contributed by atoms with Crippen molar-refractivity contribution in [2.24, 2.45) is 0 Å². The standard InChI is InChI=1S/C18H23NO/c1-13-7-5-8-16(11-13)14(2)19-15(3)17-9-6-10-18(12-17)20-4/h5-12,14-15,19H,1-4H3/t14-,15?/m0/s1. The average molecular weight is 269 g/mol. The first-order valence-electron chi connectivity index (χ1n) is 7.06. The molecule has 0 aliphatic carbocycles. The van der Waals surface area contributed by atoms with Crippen molar-refractivity contribution in [3.8, 4) is 5.75 Å². The molecule has 2 heteroatoms. The van der Waals surface area contributed by atoms with Gasteiger partial charge in [-0.25, -0.2) is 0 Å². The topological polar surface area (TPSA) is 21.3 Å². The van der Waals surface area contributed by atoms with Crippen LogP contribution in [0.4, 0.5) is 0 Å². The Balaban J connectivity index is 2.08. The molecule has 0 aliphatic heterocycles. The second-order valence-electron chi connectivity index (χ2n) is 5.30. The molecule has 2 nitrogen and oxygen atoms in total. The van der Waals surface area contributed by atoms with E-state index in [0.29, 0.717) is 6.04 Å². The SMILES string of the molecule is COc1cccc(C(C)N[C@@H](C)c2cccc(C)c2)c1. The zero-order valence-corrected chi connectivity index (χ0v) is 12.7. The van der Waals surface area contributed by atoms with Crippen molar-refractivity contribution < 1.29 is 4.74 Å². The summed E-state index contributed by atoms with van der Waals surface area (Å²) < 4.78 is 5.28. The highest BCUT2D eigenvalue weighted by molar-refractivity contribution is 5.31. The van der Waals surface area contributed by atoms with E-state index in [-0.39, 0.29) is 6.04 Å². The molecule has 2 rings (SSSR count). The van der Waals surface area contributed by atoms with E-state index >= 15 is 0 Å². The van der Waals surface area contributed by atoms with Crippen molar-refractivity contribution in [3.63, 3.8) is 0 Å². The van der Waals surface area contributed by atoms with Gasteiger partial charge in [-0.2, -0.15) is 0 Å². The zero-order valence-electron chi connectivity index (χ0n) is 12.7. The van der Waals surface area contributed by atoms with Crippen LogP contribution in [0.15, 0.2) is 48.5 Å². The summed E-state index contributed by atoms with van der Waals surface area (Å²) in [6, 6.07) is 17.4. The molecule has 0 aliphatic rings. The summed E-state index contributed by atoms with van der Waals surface area (Å²) in [6.45, 7) is 6.51.